The van der Waals surface area contributed by atoms with Crippen molar-refractivity contribution >= 4 is 23.0 Å². The van der Waals surface area contributed by atoms with Crippen molar-refractivity contribution in [2.75, 3.05) is 11.1 Å². The van der Waals surface area contributed by atoms with E-state index in [0.29, 0.717) is 16.8 Å². The van der Waals surface area contributed by atoms with Crippen molar-refractivity contribution in [3.05, 3.63) is 53.6 Å². The minimum atomic E-state index is -0.923. The first-order valence-electron chi connectivity index (χ1n) is 5.53. The van der Waals surface area contributed by atoms with E-state index in [0.717, 1.165) is 11.4 Å². The molecule has 2 aromatic carbocycles. The molecule has 2 aromatic rings. The Kier molecular flexibility index (Phi) is 3.19. The number of rotatable bonds is 3. The molecule has 4 N–H and O–H groups in total. The lowest BCUT2D eigenvalue weighted by Crippen LogP contribution is -2.02. The second-order valence-electron chi connectivity index (χ2n) is 4.03. The zero-order valence-electron chi connectivity index (χ0n) is 9.97. The standard InChI is InChI=1S/C14H14N2O2/c1-9-12(14(17)18)3-2-4-13(9)16-11-7-5-10(15)6-8-11/h2-8,16H,15H2,1H3,(H,17,18). The van der Waals surface area contributed by atoms with Crippen molar-refractivity contribution < 1.29 is 9.90 Å². The zero-order valence-corrected chi connectivity index (χ0v) is 9.97. The Labute approximate surface area is 105 Å². The van der Waals surface area contributed by atoms with Gasteiger partial charge in [-0.3, -0.25) is 0 Å². The molecular weight excluding hydrogens is 228 g/mol. The van der Waals surface area contributed by atoms with E-state index in [1.807, 2.05) is 18.2 Å². The first-order valence-corrected chi connectivity index (χ1v) is 5.53. The number of nitrogens with one attached hydrogen (secondary N) is 1. The van der Waals surface area contributed by atoms with Crippen LogP contribution in [0.4, 0.5) is 17.1 Å². The summed E-state index contributed by atoms with van der Waals surface area (Å²) in [5.41, 5.74) is 8.96. The smallest absolute Gasteiger partial charge is 0.336 e. The molecule has 4 nitrogen and oxygen atoms in total. The Hall–Kier alpha value is -2.49. The fraction of sp³-hybridized carbons (Fsp3) is 0.0714. The Balaban J connectivity index is 2.32. The summed E-state index contributed by atoms with van der Waals surface area (Å²) in [6.07, 6.45) is 0. The molecule has 18 heavy (non-hydrogen) atoms. The number of carboxylic acid groups (broad SMARTS) is 1. The third kappa shape index (κ3) is 2.43. The lowest BCUT2D eigenvalue weighted by atomic mass is 10.1. The summed E-state index contributed by atoms with van der Waals surface area (Å²) in [6, 6.07) is 12.4. The average molecular weight is 242 g/mol. The van der Waals surface area contributed by atoms with Crippen molar-refractivity contribution in [1.82, 2.24) is 0 Å². The van der Waals surface area contributed by atoms with Gasteiger partial charge >= 0.3 is 5.97 Å². The first-order chi connectivity index (χ1) is 8.58. The normalized spacial score (nSPS) is 10.1. The van der Waals surface area contributed by atoms with Gasteiger partial charge < -0.3 is 16.2 Å². The molecule has 0 atom stereocenters. The van der Waals surface area contributed by atoms with Crippen molar-refractivity contribution in [2.45, 2.75) is 6.92 Å². The van der Waals surface area contributed by atoms with Gasteiger partial charge in [-0.05, 0) is 48.9 Å². The summed E-state index contributed by atoms with van der Waals surface area (Å²) < 4.78 is 0. The summed E-state index contributed by atoms with van der Waals surface area (Å²) in [7, 11) is 0. The maximum Gasteiger partial charge on any atom is 0.336 e. The quantitative estimate of drug-likeness (QED) is 0.723. The molecule has 0 aliphatic carbocycles. The predicted molar refractivity (Wildman–Crippen MR) is 72.3 cm³/mol. The monoisotopic (exact) mass is 242 g/mol. The number of nitrogen functional groups attached to an aromatic ring is 1. The number of benzene rings is 2. The molecular formula is C14H14N2O2. The second-order valence-corrected chi connectivity index (χ2v) is 4.03. The summed E-state index contributed by atoms with van der Waals surface area (Å²) in [4.78, 5) is 11.0. The van der Waals surface area contributed by atoms with Crippen LogP contribution in [0.3, 0.4) is 0 Å². The van der Waals surface area contributed by atoms with Crippen LogP contribution < -0.4 is 11.1 Å². The largest absolute Gasteiger partial charge is 0.478 e. The Bertz CT molecular complexity index is 577. The maximum atomic E-state index is 11.0. The van der Waals surface area contributed by atoms with E-state index >= 15 is 0 Å². The highest BCUT2D eigenvalue weighted by Gasteiger charge is 2.09. The molecule has 0 bridgehead atoms. The molecule has 0 saturated heterocycles. The zero-order chi connectivity index (χ0) is 13.1. The van der Waals surface area contributed by atoms with Gasteiger partial charge in [0.15, 0.2) is 0 Å². The van der Waals surface area contributed by atoms with Crippen LogP contribution in [0.15, 0.2) is 42.5 Å². The fourth-order valence-electron chi connectivity index (χ4n) is 1.72. The highest BCUT2D eigenvalue weighted by Crippen LogP contribution is 2.23. The minimum absolute atomic E-state index is 0.301. The number of hydrogen-bond donors (Lipinski definition) is 3. The highest BCUT2D eigenvalue weighted by molar-refractivity contribution is 5.91. The fourth-order valence-corrected chi connectivity index (χ4v) is 1.72. The van der Waals surface area contributed by atoms with Crippen LogP contribution >= 0.6 is 0 Å². The summed E-state index contributed by atoms with van der Waals surface area (Å²) in [6.45, 7) is 1.78. The minimum Gasteiger partial charge on any atom is -0.478 e. The van der Waals surface area contributed by atoms with Crippen LogP contribution in [-0.2, 0) is 0 Å². The molecule has 0 aliphatic rings. The van der Waals surface area contributed by atoms with Gasteiger partial charge in [0.2, 0.25) is 0 Å². The van der Waals surface area contributed by atoms with Crippen LogP contribution in [-0.4, -0.2) is 11.1 Å². The van der Waals surface area contributed by atoms with Gasteiger partial charge in [-0.1, -0.05) is 6.07 Å². The van der Waals surface area contributed by atoms with Crippen molar-refractivity contribution in [1.29, 1.82) is 0 Å². The van der Waals surface area contributed by atoms with Gasteiger partial charge in [-0.15, -0.1) is 0 Å². The molecule has 0 aliphatic heterocycles. The van der Waals surface area contributed by atoms with Gasteiger partial charge in [0.1, 0.15) is 0 Å². The Morgan fingerprint density at radius 3 is 2.44 bits per heavy atom. The van der Waals surface area contributed by atoms with Crippen LogP contribution in [0.25, 0.3) is 0 Å². The molecule has 92 valence electrons. The van der Waals surface area contributed by atoms with E-state index < -0.39 is 5.97 Å². The van der Waals surface area contributed by atoms with Gasteiger partial charge in [0.05, 0.1) is 5.56 Å². The van der Waals surface area contributed by atoms with Crippen molar-refractivity contribution in [3.63, 3.8) is 0 Å². The number of carbonyl (C=O) groups is 1. The van der Waals surface area contributed by atoms with E-state index in [9.17, 15) is 4.79 Å². The Morgan fingerprint density at radius 1 is 1.17 bits per heavy atom. The summed E-state index contributed by atoms with van der Waals surface area (Å²) >= 11 is 0. The van der Waals surface area contributed by atoms with E-state index in [2.05, 4.69) is 5.32 Å². The molecule has 4 heteroatoms. The number of carboxylic acids is 1. The molecule has 0 fully saturated rings. The number of hydrogen-bond acceptors (Lipinski definition) is 3. The van der Waals surface area contributed by atoms with E-state index in [1.165, 1.54) is 0 Å². The number of anilines is 3. The molecule has 0 aromatic heterocycles. The topological polar surface area (TPSA) is 75.3 Å². The molecule has 0 amide bonds. The van der Waals surface area contributed by atoms with E-state index in [1.54, 1.807) is 31.2 Å². The van der Waals surface area contributed by atoms with Crippen LogP contribution in [0, 0.1) is 6.92 Å². The Morgan fingerprint density at radius 2 is 1.83 bits per heavy atom. The van der Waals surface area contributed by atoms with Crippen LogP contribution in [0.5, 0.6) is 0 Å². The first kappa shape index (κ1) is 12.0. The molecule has 0 radical (unpaired) electrons. The van der Waals surface area contributed by atoms with E-state index in [-0.39, 0.29) is 0 Å². The molecule has 0 unspecified atom stereocenters. The lowest BCUT2D eigenvalue weighted by Gasteiger charge is -2.11. The molecule has 2 rings (SSSR count). The molecule has 0 saturated carbocycles. The number of aromatic carboxylic acids is 1. The second kappa shape index (κ2) is 4.79. The van der Waals surface area contributed by atoms with Gasteiger partial charge in [0, 0.05) is 17.1 Å². The lowest BCUT2D eigenvalue weighted by molar-refractivity contribution is 0.0696. The molecule has 0 heterocycles. The third-order valence-electron chi connectivity index (χ3n) is 2.75. The SMILES string of the molecule is Cc1c(Nc2ccc(N)cc2)cccc1C(=O)O. The van der Waals surface area contributed by atoms with E-state index in [4.69, 9.17) is 10.8 Å². The predicted octanol–water partition coefficient (Wildman–Crippen LogP) is 3.02. The van der Waals surface area contributed by atoms with Crippen LogP contribution in [0.1, 0.15) is 15.9 Å². The van der Waals surface area contributed by atoms with Gasteiger partial charge in [0.25, 0.3) is 0 Å². The van der Waals surface area contributed by atoms with Crippen LogP contribution in [0.2, 0.25) is 0 Å². The molecule has 0 spiro atoms. The summed E-state index contributed by atoms with van der Waals surface area (Å²) in [5.74, 6) is -0.923. The summed E-state index contributed by atoms with van der Waals surface area (Å²) in [5, 5.41) is 12.2. The third-order valence-corrected chi connectivity index (χ3v) is 2.75. The van der Waals surface area contributed by atoms with Crippen molar-refractivity contribution in [2.24, 2.45) is 0 Å². The van der Waals surface area contributed by atoms with Gasteiger partial charge in [-0.2, -0.15) is 0 Å². The highest BCUT2D eigenvalue weighted by atomic mass is 16.4. The average Bonchev–Trinajstić information content (AvgIpc) is 2.34. The number of nitrogens with two attached hydrogens (primary N) is 1. The maximum absolute atomic E-state index is 11.0. The van der Waals surface area contributed by atoms with Crippen molar-refractivity contribution in [3.8, 4) is 0 Å². The van der Waals surface area contributed by atoms with Gasteiger partial charge in [-0.25, -0.2) is 4.79 Å².